The van der Waals surface area contributed by atoms with Crippen molar-refractivity contribution in [2.75, 3.05) is 0 Å². The topological polar surface area (TPSA) is 73.6 Å². The average Bonchev–Trinajstić information content (AvgIpc) is 1.99. The number of rotatable bonds is 2. The fraction of sp³-hybridized carbons (Fsp3) is 0.222. The molecule has 1 aromatic rings. The first-order valence-corrected chi connectivity index (χ1v) is 4.32. The zero-order valence-electron chi connectivity index (χ0n) is 8.00. The molecular formula is C9H7ClO5. The Labute approximate surface area is 89.6 Å². The van der Waals surface area contributed by atoms with Crippen LogP contribution < -0.4 is 10.4 Å². The van der Waals surface area contributed by atoms with Gasteiger partial charge < -0.3 is 9.15 Å². The first-order chi connectivity index (χ1) is 6.91. The highest BCUT2D eigenvalue weighted by atomic mass is 35.5. The largest absolute Gasteiger partial charge is 0.427 e. The fourth-order valence-corrected chi connectivity index (χ4v) is 1.15. The van der Waals surface area contributed by atoms with Crippen LogP contribution in [-0.4, -0.2) is 11.2 Å². The van der Waals surface area contributed by atoms with Gasteiger partial charge in [-0.15, -0.1) is 0 Å². The molecule has 0 N–H and O–H groups in total. The molecule has 0 bridgehead atoms. The minimum atomic E-state index is -1.12. The Hall–Kier alpha value is -1.62. The van der Waals surface area contributed by atoms with E-state index >= 15 is 0 Å². The Morgan fingerprint density at radius 2 is 2.07 bits per heavy atom. The Kier molecular flexibility index (Phi) is 3.26. The molecule has 1 aromatic heterocycles. The highest BCUT2D eigenvalue weighted by molar-refractivity contribution is 6.61. The number of Topliss-reactive ketones (excluding diaryl/α,β-unsaturated/α-hetero) is 1. The molecule has 1 rings (SSSR count). The van der Waals surface area contributed by atoms with Crippen molar-refractivity contribution in [2.45, 2.75) is 13.8 Å². The van der Waals surface area contributed by atoms with Crippen molar-refractivity contribution < 1.29 is 18.7 Å². The van der Waals surface area contributed by atoms with E-state index in [0.29, 0.717) is 0 Å². The molecule has 15 heavy (non-hydrogen) atoms. The lowest BCUT2D eigenvalue weighted by Gasteiger charge is -2.04. The van der Waals surface area contributed by atoms with E-state index in [4.69, 9.17) is 11.6 Å². The van der Waals surface area contributed by atoms with Crippen molar-refractivity contribution >= 4 is 22.8 Å². The Morgan fingerprint density at radius 1 is 1.47 bits per heavy atom. The van der Waals surface area contributed by atoms with Crippen LogP contribution in [0.1, 0.15) is 23.0 Å². The summed E-state index contributed by atoms with van der Waals surface area (Å²) in [5.74, 6) is -0.522. The van der Waals surface area contributed by atoms with E-state index in [9.17, 15) is 14.4 Å². The minimum Gasteiger partial charge on any atom is -0.427 e. The van der Waals surface area contributed by atoms with Crippen LogP contribution in [0, 0.1) is 6.92 Å². The second-order valence-electron chi connectivity index (χ2n) is 2.78. The molecule has 0 radical (unpaired) electrons. The van der Waals surface area contributed by atoms with Crippen molar-refractivity contribution in [3.05, 3.63) is 27.8 Å². The molecule has 6 heteroatoms. The number of aryl methyl sites for hydroxylation is 1. The fourth-order valence-electron chi connectivity index (χ4n) is 1.07. The molecular weight excluding hydrogens is 224 g/mol. The summed E-state index contributed by atoms with van der Waals surface area (Å²) in [7, 11) is 0. The molecule has 0 aliphatic rings. The van der Waals surface area contributed by atoms with Gasteiger partial charge in [-0.25, -0.2) is 9.59 Å². The van der Waals surface area contributed by atoms with E-state index in [0.717, 1.165) is 6.92 Å². The second-order valence-corrected chi connectivity index (χ2v) is 3.09. The molecule has 0 aromatic carbocycles. The lowest BCUT2D eigenvalue weighted by molar-refractivity contribution is 0.101. The van der Waals surface area contributed by atoms with Crippen LogP contribution in [0.2, 0.25) is 0 Å². The Morgan fingerprint density at radius 3 is 2.53 bits per heavy atom. The van der Waals surface area contributed by atoms with Crippen LogP contribution >= 0.6 is 11.6 Å². The van der Waals surface area contributed by atoms with E-state index in [2.05, 4.69) is 9.15 Å². The third kappa shape index (κ3) is 2.66. The molecule has 0 fully saturated rings. The maximum atomic E-state index is 11.3. The molecule has 0 atom stereocenters. The monoisotopic (exact) mass is 230 g/mol. The van der Waals surface area contributed by atoms with E-state index in [1.165, 1.54) is 13.0 Å². The van der Waals surface area contributed by atoms with Crippen LogP contribution in [0.5, 0.6) is 5.75 Å². The summed E-state index contributed by atoms with van der Waals surface area (Å²) in [5, 5.41) is 0. The molecule has 0 saturated heterocycles. The highest BCUT2D eigenvalue weighted by Gasteiger charge is 2.17. The second kappa shape index (κ2) is 4.27. The Balaban J connectivity index is 3.40. The normalized spacial score (nSPS) is 9.80. The van der Waals surface area contributed by atoms with Gasteiger partial charge in [0.25, 0.3) is 0 Å². The van der Waals surface area contributed by atoms with E-state index in [-0.39, 0.29) is 17.1 Å². The quantitative estimate of drug-likeness (QED) is 0.573. The molecule has 80 valence electrons. The molecule has 0 amide bonds. The first-order valence-electron chi connectivity index (χ1n) is 3.95. The van der Waals surface area contributed by atoms with Gasteiger partial charge in [-0.05, 0) is 13.8 Å². The number of ether oxygens (including phenoxy) is 1. The molecule has 0 aliphatic heterocycles. The van der Waals surface area contributed by atoms with Crippen molar-refractivity contribution in [3.63, 3.8) is 0 Å². The highest BCUT2D eigenvalue weighted by Crippen LogP contribution is 2.18. The lowest BCUT2D eigenvalue weighted by atomic mass is 10.2. The summed E-state index contributed by atoms with van der Waals surface area (Å²) in [6.07, 6.45) is 0. The van der Waals surface area contributed by atoms with E-state index in [1.54, 1.807) is 0 Å². The van der Waals surface area contributed by atoms with Gasteiger partial charge in [-0.3, -0.25) is 4.79 Å². The van der Waals surface area contributed by atoms with Gasteiger partial charge in [0, 0.05) is 17.7 Å². The van der Waals surface area contributed by atoms with Crippen LogP contribution in [0.25, 0.3) is 0 Å². The van der Waals surface area contributed by atoms with Crippen molar-refractivity contribution in [3.8, 4) is 5.75 Å². The van der Waals surface area contributed by atoms with Gasteiger partial charge >= 0.3 is 11.1 Å². The average molecular weight is 231 g/mol. The molecule has 0 aliphatic carbocycles. The maximum Gasteiger partial charge on any atom is 0.409 e. The van der Waals surface area contributed by atoms with Crippen molar-refractivity contribution in [1.29, 1.82) is 0 Å². The Bertz CT molecular complexity index is 474. The SMILES string of the molecule is CC(=O)c1c(OC(=O)Cl)cc(C)oc1=O. The van der Waals surface area contributed by atoms with Crippen molar-refractivity contribution in [1.82, 2.24) is 0 Å². The first kappa shape index (κ1) is 11.5. The molecule has 0 saturated carbocycles. The maximum absolute atomic E-state index is 11.3. The van der Waals surface area contributed by atoms with Crippen molar-refractivity contribution in [2.24, 2.45) is 0 Å². The lowest BCUT2D eigenvalue weighted by Crippen LogP contribution is -2.15. The molecule has 5 nitrogen and oxygen atoms in total. The van der Waals surface area contributed by atoms with Gasteiger partial charge in [0.2, 0.25) is 0 Å². The summed E-state index contributed by atoms with van der Waals surface area (Å²) in [5.41, 5.74) is -2.30. The summed E-state index contributed by atoms with van der Waals surface area (Å²) in [6, 6.07) is 1.25. The standard InChI is InChI=1S/C9H7ClO5/c1-4-3-6(15-9(10)13)7(5(2)11)8(12)14-4/h3H,1-2H3. The third-order valence-electron chi connectivity index (χ3n) is 1.58. The zero-order chi connectivity index (χ0) is 11.6. The summed E-state index contributed by atoms with van der Waals surface area (Å²) >= 11 is 4.99. The van der Waals surface area contributed by atoms with Crippen LogP contribution in [0.15, 0.2) is 15.3 Å². The van der Waals surface area contributed by atoms with Crippen LogP contribution in [0.3, 0.4) is 0 Å². The van der Waals surface area contributed by atoms with E-state index < -0.39 is 16.8 Å². The molecule has 1 heterocycles. The van der Waals surface area contributed by atoms with Gasteiger partial charge in [-0.2, -0.15) is 0 Å². The van der Waals surface area contributed by atoms with Gasteiger partial charge in [-0.1, -0.05) is 0 Å². The van der Waals surface area contributed by atoms with Gasteiger partial charge in [0.05, 0.1) is 0 Å². The van der Waals surface area contributed by atoms with Crippen LogP contribution in [0.4, 0.5) is 4.79 Å². The predicted octanol–water partition coefficient (Wildman–Crippen LogP) is 1.89. The number of carbonyl (C=O) groups excluding carboxylic acids is 2. The number of ketones is 1. The summed E-state index contributed by atoms with van der Waals surface area (Å²) < 4.78 is 9.20. The smallest absolute Gasteiger partial charge is 0.409 e. The van der Waals surface area contributed by atoms with Gasteiger partial charge in [0.15, 0.2) is 11.5 Å². The number of carbonyl (C=O) groups is 2. The number of halogens is 1. The molecule has 0 spiro atoms. The van der Waals surface area contributed by atoms with Crippen LogP contribution in [-0.2, 0) is 0 Å². The summed E-state index contributed by atoms with van der Waals surface area (Å²) in [6.45, 7) is 2.64. The van der Waals surface area contributed by atoms with Gasteiger partial charge in [0.1, 0.15) is 11.3 Å². The molecule has 0 unspecified atom stereocenters. The zero-order valence-corrected chi connectivity index (χ0v) is 8.75. The third-order valence-corrected chi connectivity index (χ3v) is 1.66. The number of hydrogen-bond acceptors (Lipinski definition) is 5. The summed E-state index contributed by atoms with van der Waals surface area (Å²) in [4.78, 5) is 32.9. The predicted molar refractivity (Wildman–Crippen MR) is 51.6 cm³/mol. The number of hydrogen-bond donors (Lipinski definition) is 0. The van der Waals surface area contributed by atoms with E-state index in [1.807, 2.05) is 0 Å². The minimum absolute atomic E-state index is 0.184.